The van der Waals surface area contributed by atoms with Crippen LogP contribution < -0.4 is 5.32 Å². The minimum atomic E-state index is 0.682. The number of hydrogen-bond donors (Lipinski definition) is 2. The van der Waals surface area contributed by atoms with Gasteiger partial charge in [0.25, 0.3) is 0 Å². The molecule has 3 aromatic heterocycles. The normalized spacial score (nSPS) is 11.3. The fourth-order valence-corrected chi connectivity index (χ4v) is 2.60. The van der Waals surface area contributed by atoms with Crippen LogP contribution in [0, 0.1) is 0 Å². The van der Waals surface area contributed by atoms with E-state index in [1.165, 1.54) is 0 Å². The molecular formula is C14H11BrN6. The van der Waals surface area contributed by atoms with E-state index in [1.54, 1.807) is 6.20 Å². The topological polar surface area (TPSA) is 70.9 Å². The Morgan fingerprint density at radius 3 is 3.10 bits per heavy atom. The number of imidazole rings is 1. The number of benzene rings is 1. The van der Waals surface area contributed by atoms with Crippen molar-refractivity contribution < 1.29 is 0 Å². The minimum absolute atomic E-state index is 0.682. The zero-order chi connectivity index (χ0) is 14.2. The highest BCUT2D eigenvalue weighted by Crippen LogP contribution is 2.18. The molecule has 0 aliphatic rings. The summed E-state index contributed by atoms with van der Waals surface area (Å²) in [6, 6.07) is 6.11. The molecule has 0 amide bonds. The molecule has 4 aromatic rings. The number of nitrogens with one attached hydrogen (secondary N) is 2. The fourth-order valence-electron chi connectivity index (χ4n) is 2.29. The molecule has 104 valence electrons. The molecule has 0 aliphatic heterocycles. The average Bonchev–Trinajstić information content (AvgIpc) is 3.10. The third-order valence-corrected chi connectivity index (χ3v) is 3.76. The van der Waals surface area contributed by atoms with Crippen molar-refractivity contribution in [1.29, 1.82) is 0 Å². The lowest BCUT2D eigenvalue weighted by atomic mass is 10.2. The van der Waals surface area contributed by atoms with Gasteiger partial charge in [-0.3, -0.25) is 9.50 Å². The van der Waals surface area contributed by atoms with Crippen LogP contribution in [0.4, 0.5) is 5.69 Å². The molecule has 0 saturated heterocycles. The van der Waals surface area contributed by atoms with Crippen LogP contribution in [0.25, 0.3) is 16.6 Å². The maximum Gasteiger partial charge on any atom is 0.155 e. The van der Waals surface area contributed by atoms with Crippen molar-refractivity contribution in [2.75, 3.05) is 5.32 Å². The van der Waals surface area contributed by atoms with Gasteiger partial charge in [-0.05, 0) is 34.1 Å². The van der Waals surface area contributed by atoms with Crippen LogP contribution in [0.5, 0.6) is 0 Å². The quantitative estimate of drug-likeness (QED) is 0.600. The lowest BCUT2D eigenvalue weighted by Gasteiger charge is -2.06. The molecule has 7 heteroatoms. The number of H-pyrrole nitrogens is 1. The SMILES string of the molecule is Brc1cn2c(CNc3ccc4[nH]ncc4c3)cnc2cn1. The maximum absolute atomic E-state index is 4.34. The minimum Gasteiger partial charge on any atom is -0.379 e. The molecule has 0 fully saturated rings. The van der Waals surface area contributed by atoms with E-state index in [1.807, 2.05) is 35.1 Å². The molecule has 6 nitrogen and oxygen atoms in total. The molecule has 0 bridgehead atoms. The molecular weight excluding hydrogens is 332 g/mol. The molecule has 4 rings (SSSR count). The van der Waals surface area contributed by atoms with Crippen LogP contribution >= 0.6 is 15.9 Å². The summed E-state index contributed by atoms with van der Waals surface area (Å²) in [5.74, 6) is 0. The predicted molar refractivity (Wildman–Crippen MR) is 84.1 cm³/mol. The van der Waals surface area contributed by atoms with E-state index in [4.69, 9.17) is 0 Å². The molecule has 0 spiro atoms. The van der Waals surface area contributed by atoms with E-state index in [-0.39, 0.29) is 0 Å². The Morgan fingerprint density at radius 2 is 2.14 bits per heavy atom. The van der Waals surface area contributed by atoms with Gasteiger partial charge in [0.15, 0.2) is 5.65 Å². The van der Waals surface area contributed by atoms with Crippen LogP contribution in [0.15, 0.2) is 47.6 Å². The molecule has 2 N–H and O–H groups in total. The van der Waals surface area contributed by atoms with Gasteiger partial charge in [0.1, 0.15) is 4.60 Å². The number of rotatable bonds is 3. The number of aromatic nitrogens is 5. The number of aromatic amines is 1. The fraction of sp³-hybridized carbons (Fsp3) is 0.0714. The zero-order valence-electron chi connectivity index (χ0n) is 10.9. The summed E-state index contributed by atoms with van der Waals surface area (Å²) in [5.41, 5.74) is 3.98. The summed E-state index contributed by atoms with van der Waals surface area (Å²) in [4.78, 5) is 8.51. The Kier molecular flexibility index (Phi) is 2.85. The second-order valence-electron chi connectivity index (χ2n) is 4.71. The van der Waals surface area contributed by atoms with Gasteiger partial charge in [-0.2, -0.15) is 5.10 Å². The van der Waals surface area contributed by atoms with Crippen LogP contribution in [0.2, 0.25) is 0 Å². The van der Waals surface area contributed by atoms with Gasteiger partial charge >= 0.3 is 0 Å². The molecule has 3 heterocycles. The monoisotopic (exact) mass is 342 g/mol. The molecule has 0 atom stereocenters. The third kappa shape index (κ3) is 2.25. The maximum atomic E-state index is 4.34. The second-order valence-corrected chi connectivity index (χ2v) is 5.53. The molecule has 0 saturated carbocycles. The molecule has 1 aromatic carbocycles. The van der Waals surface area contributed by atoms with E-state index in [0.717, 1.165) is 32.5 Å². The van der Waals surface area contributed by atoms with Gasteiger partial charge in [0.05, 0.1) is 36.3 Å². The summed E-state index contributed by atoms with van der Waals surface area (Å²) in [6.45, 7) is 0.682. The lowest BCUT2D eigenvalue weighted by Crippen LogP contribution is -2.02. The summed E-state index contributed by atoms with van der Waals surface area (Å²) in [7, 11) is 0. The summed E-state index contributed by atoms with van der Waals surface area (Å²) < 4.78 is 2.80. The summed E-state index contributed by atoms with van der Waals surface area (Å²) >= 11 is 3.38. The third-order valence-electron chi connectivity index (χ3n) is 3.35. The van der Waals surface area contributed by atoms with Crippen LogP contribution in [0.1, 0.15) is 5.69 Å². The van der Waals surface area contributed by atoms with Crippen LogP contribution in [-0.4, -0.2) is 24.6 Å². The average molecular weight is 343 g/mol. The van der Waals surface area contributed by atoms with Crippen LogP contribution in [0.3, 0.4) is 0 Å². The van der Waals surface area contributed by atoms with Gasteiger partial charge in [0, 0.05) is 17.3 Å². The highest BCUT2D eigenvalue weighted by Gasteiger charge is 2.04. The summed E-state index contributed by atoms with van der Waals surface area (Å²) in [5, 5.41) is 11.5. The lowest BCUT2D eigenvalue weighted by molar-refractivity contribution is 0.983. The first-order valence-electron chi connectivity index (χ1n) is 6.44. The van der Waals surface area contributed by atoms with Crippen molar-refractivity contribution in [2.24, 2.45) is 0 Å². The standard InChI is InChI=1S/C14H11BrN6/c15-13-8-21-11(6-18-14(21)7-17-13)5-16-10-1-2-12-9(3-10)4-19-20-12/h1-4,6-8,16H,5H2,(H,19,20). The first kappa shape index (κ1) is 12.3. The Bertz CT molecular complexity index is 925. The van der Waals surface area contributed by atoms with E-state index < -0.39 is 0 Å². The van der Waals surface area contributed by atoms with Crippen LogP contribution in [-0.2, 0) is 6.54 Å². The van der Waals surface area contributed by atoms with E-state index >= 15 is 0 Å². The summed E-state index contributed by atoms with van der Waals surface area (Å²) in [6.07, 6.45) is 7.33. The zero-order valence-corrected chi connectivity index (χ0v) is 12.5. The number of fused-ring (bicyclic) bond motifs is 2. The van der Waals surface area contributed by atoms with Gasteiger partial charge in [-0.1, -0.05) is 0 Å². The van der Waals surface area contributed by atoms with Crippen molar-refractivity contribution in [3.8, 4) is 0 Å². The number of hydrogen-bond acceptors (Lipinski definition) is 4. The van der Waals surface area contributed by atoms with E-state index in [0.29, 0.717) is 6.54 Å². The van der Waals surface area contributed by atoms with Crippen molar-refractivity contribution in [3.05, 3.63) is 53.3 Å². The van der Waals surface area contributed by atoms with Gasteiger partial charge in [0.2, 0.25) is 0 Å². The first-order valence-corrected chi connectivity index (χ1v) is 7.23. The Balaban J connectivity index is 1.61. The Morgan fingerprint density at radius 1 is 1.19 bits per heavy atom. The van der Waals surface area contributed by atoms with E-state index in [9.17, 15) is 0 Å². The molecule has 0 radical (unpaired) electrons. The predicted octanol–water partition coefficient (Wildman–Crippen LogP) is 2.98. The van der Waals surface area contributed by atoms with Crippen molar-refractivity contribution >= 4 is 38.2 Å². The Hall–Kier alpha value is -2.41. The number of halogens is 1. The van der Waals surface area contributed by atoms with Gasteiger partial charge < -0.3 is 5.32 Å². The van der Waals surface area contributed by atoms with E-state index in [2.05, 4.69) is 47.5 Å². The highest BCUT2D eigenvalue weighted by atomic mass is 79.9. The Labute approximate surface area is 128 Å². The van der Waals surface area contributed by atoms with Crippen molar-refractivity contribution in [2.45, 2.75) is 6.54 Å². The smallest absolute Gasteiger partial charge is 0.155 e. The van der Waals surface area contributed by atoms with Gasteiger partial charge in [-0.15, -0.1) is 0 Å². The largest absolute Gasteiger partial charge is 0.379 e. The molecule has 21 heavy (non-hydrogen) atoms. The molecule has 0 unspecified atom stereocenters. The first-order chi connectivity index (χ1) is 10.3. The number of nitrogens with zero attached hydrogens (tertiary/aromatic N) is 4. The van der Waals surface area contributed by atoms with Gasteiger partial charge in [-0.25, -0.2) is 9.97 Å². The number of anilines is 1. The van der Waals surface area contributed by atoms with Crippen molar-refractivity contribution in [3.63, 3.8) is 0 Å². The second kappa shape index (κ2) is 4.85. The highest BCUT2D eigenvalue weighted by molar-refractivity contribution is 9.10. The van der Waals surface area contributed by atoms with Crippen molar-refractivity contribution in [1.82, 2.24) is 24.6 Å². The molecule has 0 aliphatic carbocycles.